The average molecular weight is 302 g/mol. The maximum atomic E-state index is 5.10. The Morgan fingerprint density at radius 1 is 1.24 bits per heavy atom. The van der Waals surface area contributed by atoms with Gasteiger partial charge in [-0.2, -0.15) is 9.61 Å². The van der Waals surface area contributed by atoms with Crippen molar-refractivity contribution in [1.82, 2.24) is 19.8 Å². The molecule has 3 aromatic rings. The van der Waals surface area contributed by atoms with Gasteiger partial charge in [-0.25, -0.2) is 0 Å². The molecule has 110 valence electrons. The predicted molar refractivity (Wildman–Crippen MR) is 82.8 cm³/mol. The topological polar surface area (TPSA) is 52.3 Å². The molecular weight excluding hydrogens is 284 g/mol. The van der Waals surface area contributed by atoms with Crippen molar-refractivity contribution in [1.29, 1.82) is 0 Å². The SMILES string of the molecule is CC[C@@H](c1ccccc1)c1nn2c(CCOC)nnc2s1. The van der Waals surface area contributed by atoms with Crippen LogP contribution in [0.1, 0.15) is 35.7 Å². The largest absolute Gasteiger partial charge is 0.384 e. The molecular formula is C15H18N4OS. The minimum atomic E-state index is 0.313. The van der Waals surface area contributed by atoms with Crippen LogP contribution in [0.4, 0.5) is 0 Å². The zero-order valence-corrected chi connectivity index (χ0v) is 13.0. The van der Waals surface area contributed by atoms with Crippen molar-refractivity contribution >= 4 is 16.3 Å². The van der Waals surface area contributed by atoms with E-state index in [4.69, 9.17) is 9.84 Å². The van der Waals surface area contributed by atoms with Gasteiger partial charge >= 0.3 is 0 Å². The average Bonchev–Trinajstić information content (AvgIpc) is 3.08. The van der Waals surface area contributed by atoms with E-state index in [0.717, 1.165) is 28.6 Å². The molecule has 0 unspecified atom stereocenters. The fourth-order valence-electron chi connectivity index (χ4n) is 2.40. The molecule has 0 fully saturated rings. The van der Waals surface area contributed by atoms with E-state index in [-0.39, 0.29) is 0 Å². The number of methoxy groups -OCH3 is 1. The van der Waals surface area contributed by atoms with Crippen LogP contribution in [0, 0.1) is 0 Å². The molecule has 0 aliphatic heterocycles. The Kier molecular flexibility index (Phi) is 4.26. The molecule has 0 saturated heterocycles. The summed E-state index contributed by atoms with van der Waals surface area (Å²) >= 11 is 1.62. The highest BCUT2D eigenvalue weighted by Gasteiger charge is 2.19. The summed E-state index contributed by atoms with van der Waals surface area (Å²) < 4.78 is 6.96. The highest BCUT2D eigenvalue weighted by Crippen LogP contribution is 2.30. The van der Waals surface area contributed by atoms with Crippen LogP contribution in [0.5, 0.6) is 0 Å². The number of hydrogen-bond donors (Lipinski definition) is 0. The first-order valence-electron chi connectivity index (χ1n) is 7.08. The summed E-state index contributed by atoms with van der Waals surface area (Å²) in [6.45, 7) is 2.81. The minimum Gasteiger partial charge on any atom is -0.384 e. The zero-order chi connectivity index (χ0) is 14.7. The van der Waals surface area contributed by atoms with Gasteiger partial charge in [-0.1, -0.05) is 48.6 Å². The molecule has 21 heavy (non-hydrogen) atoms. The number of fused-ring (bicyclic) bond motifs is 1. The Morgan fingerprint density at radius 2 is 2.05 bits per heavy atom. The lowest BCUT2D eigenvalue weighted by Crippen LogP contribution is -2.04. The number of ether oxygens (including phenoxy) is 1. The Labute approximate surface area is 127 Å². The van der Waals surface area contributed by atoms with Crippen molar-refractivity contribution in [2.24, 2.45) is 0 Å². The second-order valence-corrected chi connectivity index (χ2v) is 5.85. The Bertz CT molecular complexity index is 707. The van der Waals surface area contributed by atoms with Gasteiger partial charge in [0.15, 0.2) is 5.82 Å². The summed E-state index contributed by atoms with van der Waals surface area (Å²) in [5.41, 5.74) is 1.29. The van der Waals surface area contributed by atoms with Gasteiger partial charge in [0.1, 0.15) is 5.01 Å². The summed E-state index contributed by atoms with van der Waals surface area (Å²) in [7, 11) is 1.69. The van der Waals surface area contributed by atoms with Gasteiger partial charge in [0.2, 0.25) is 4.96 Å². The molecule has 0 spiro atoms. The fraction of sp³-hybridized carbons (Fsp3) is 0.400. The first kappa shape index (κ1) is 14.2. The number of rotatable bonds is 6. The van der Waals surface area contributed by atoms with Crippen LogP contribution in [-0.4, -0.2) is 33.5 Å². The van der Waals surface area contributed by atoms with Crippen LogP contribution in [-0.2, 0) is 11.2 Å². The second kappa shape index (κ2) is 6.32. The molecule has 0 saturated carbocycles. The minimum absolute atomic E-state index is 0.313. The van der Waals surface area contributed by atoms with Crippen molar-refractivity contribution in [3.63, 3.8) is 0 Å². The summed E-state index contributed by atoms with van der Waals surface area (Å²) in [5, 5.41) is 14.2. The predicted octanol–water partition coefficient (Wildman–Crippen LogP) is 2.92. The van der Waals surface area contributed by atoms with Gasteiger partial charge in [0.05, 0.1) is 6.61 Å². The van der Waals surface area contributed by atoms with E-state index in [1.807, 2.05) is 10.6 Å². The second-order valence-electron chi connectivity index (χ2n) is 4.87. The normalized spacial score (nSPS) is 12.9. The highest BCUT2D eigenvalue weighted by atomic mass is 32.1. The fourth-order valence-corrected chi connectivity index (χ4v) is 3.47. The van der Waals surface area contributed by atoms with Crippen LogP contribution < -0.4 is 0 Å². The maximum absolute atomic E-state index is 5.10. The van der Waals surface area contributed by atoms with E-state index < -0.39 is 0 Å². The molecule has 1 atom stereocenters. The van der Waals surface area contributed by atoms with E-state index in [1.165, 1.54) is 5.56 Å². The lowest BCUT2D eigenvalue weighted by atomic mass is 9.97. The number of hydrogen-bond acceptors (Lipinski definition) is 5. The van der Waals surface area contributed by atoms with E-state index in [2.05, 4.69) is 41.4 Å². The first-order valence-corrected chi connectivity index (χ1v) is 7.90. The molecule has 3 rings (SSSR count). The molecule has 0 aliphatic rings. The number of nitrogens with zero attached hydrogens (tertiary/aromatic N) is 4. The van der Waals surface area contributed by atoms with Crippen LogP contribution in [0.2, 0.25) is 0 Å². The third-order valence-electron chi connectivity index (χ3n) is 3.51. The molecule has 5 nitrogen and oxygen atoms in total. The van der Waals surface area contributed by atoms with Gasteiger partial charge in [0, 0.05) is 19.4 Å². The molecule has 0 aliphatic carbocycles. The van der Waals surface area contributed by atoms with Crippen LogP contribution in [0.25, 0.3) is 4.96 Å². The molecule has 0 radical (unpaired) electrons. The van der Waals surface area contributed by atoms with Crippen molar-refractivity contribution in [2.75, 3.05) is 13.7 Å². The van der Waals surface area contributed by atoms with Crippen molar-refractivity contribution in [2.45, 2.75) is 25.7 Å². The third-order valence-corrected chi connectivity index (χ3v) is 4.52. The van der Waals surface area contributed by atoms with Gasteiger partial charge in [0.25, 0.3) is 0 Å². The Hall–Kier alpha value is -1.79. The lowest BCUT2D eigenvalue weighted by Gasteiger charge is -2.11. The van der Waals surface area contributed by atoms with Gasteiger partial charge in [-0.3, -0.25) is 0 Å². The lowest BCUT2D eigenvalue weighted by molar-refractivity contribution is 0.200. The third kappa shape index (κ3) is 2.82. The molecule has 0 N–H and O–H groups in total. The molecule has 6 heteroatoms. The Morgan fingerprint density at radius 3 is 2.76 bits per heavy atom. The Balaban J connectivity index is 1.94. The molecule has 0 amide bonds. The monoisotopic (exact) mass is 302 g/mol. The van der Waals surface area contributed by atoms with E-state index in [0.29, 0.717) is 12.5 Å². The van der Waals surface area contributed by atoms with Gasteiger partial charge < -0.3 is 4.74 Å². The number of benzene rings is 1. The summed E-state index contributed by atoms with van der Waals surface area (Å²) in [6, 6.07) is 10.5. The number of aromatic nitrogens is 4. The van der Waals surface area contributed by atoms with Gasteiger partial charge in [-0.05, 0) is 12.0 Å². The van der Waals surface area contributed by atoms with Crippen molar-refractivity contribution < 1.29 is 4.74 Å². The first-order chi connectivity index (χ1) is 10.3. The van der Waals surface area contributed by atoms with E-state index in [1.54, 1.807) is 18.4 Å². The van der Waals surface area contributed by atoms with Gasteiger partial charge in [-0.15, -0.1) is 10.2 Å². The quantitative estimate of drug-likeness (QED) is 0.702. The molecule has 2 aromatic heterocycles. The van der Waals surface area contributed by atoms with Crippen LogP contribution in [0.3, 0.4) is 0 Å². The van der Waals surface area contributed by atoms with Crippen molar-refractivity contribution in [3.8, 4) is 0 Å². The summed E-state index contributed by atoms with van der Waals surface area (Å²) in [4.78, 5) is 0.852. The maximum Gasteiger partial charge on any atom is 0.234 e. The highest BCUT2D eigenvalue weighted by molar-refractivity contribution is 7.16. The molecule has 2 heterocycles. The molecule has 1 aromatic carbocycles. The molecule has 0 bridgehead atoms. The smallest absolute Gasteiger partial charge is 0.234 e. The van der Waals surface area contributed by atoms with E-state index in [9.17, 15) is 0 Å². The standard InChI is InChI=1S/C15H18N4OS/c1-3-12(11-7-5-4-6-8-11)14-18-19-13(9-10-20-2)16-17-15(19)21-14/h4-8,12H,3,9-10H2,1-2H3/t12-/m0/s1. The van der Waals surface area contributed by atoms with Crippen LogP contribution >= 0.6 is 11.3 Å². The summed E-state index contributed by atoms with van der Waals surface area (Å²) in [5.74, 6) is 1.17. The van der Waals surface area contributed by atoms with Crippen LogP contribution in [0.15, 0.2) is 30.3 Å². The summed E-state index contributed by atoms with van der Waals surface area (Å²) in [6.07, 6.45) is 1.74. The van der Waals surface area contributed by atoms with Crippen molar-refractivity contribution in [3.05, 3.63) is 46.7 Å². The van der Waals surface area contributed by atoms with E-state index >= 15 is 0 Å². The zero-order valence-electron chi connectivity index (χ0n) is 12.2.